The van der Waals surface area contributed by atoms with E-state index in [-0.39, 0.29) is 5.41 Å². The second kappa shape index (κ2) is 4.13. The molecule has 1 spiro atoms. The molecule has 0 N–H and O–H groups in total. The van der Waals surface area contributed by atoms with Crippen molar-refractivity contribution in [3.63, 3.8) is 0 Å². The maximum absolute atomic E-state index is 12.4. The lowest BCUT2D eigenvalue weighted by Gasteiger charge is -2.41. The Morgan fingerprint density at radius 3 is 2.59 bits per heavy atom. The quantitative estimate of drug-likeness (QED) is 0.677. The molecule has 90 valence electrons. The zero-order valence-corrected chi connectivity index (χ0v) is 10.7. The van der Waals surface area contributed by atoms with Crippen LogP contribution in [0.2, 0.25) is 5.02 Å². The van der Waals surface area contributed by atoms with Crippen molar-refractivity contribution >= 4 is 17.4 Å². The van der Waals surface area contributed by atoms with Crippen LogP contribution in [0.5, 0.6) is 0 Å². The van der Waals surface area contributed by atoms with Crippen LogP contribution >= 0.6 is 11.6 Å². The van der Waals surface area contributed by atoms with Gasteiger partial charge in [-0.1, -0.05) is 43.0 Å². The highest BCUT2D eigenvalue weighted by Crippen LogP contribution is 2.47. The average molecular weight is 249 g/mol. The van der Waals surface area contributed by atoms with Crippen molar-refractivity contribution in [2.45, 2.75) is 50.4 Å². The molecular weight excluding hydrogens is 232 g/mol. The van der Waals surface area contributed by atoms with Gasteiger partial charge >= 0.3 is 0 Å². The van der Waals surface area contributed by atoms with E-state index in [0.717, 1.165) is 42.7 Å². The van der Waals surface area contributed by atoms with Crippen LogP contribution in [0.1, 0.15) is 49.7 Å². The van der Waals surface area contributed by atoms with E-state index in [1.165, 1.54) is 12.0 Å². The van der Waals surface area contributed by atoms with Crippen LogP contribution in [-0.4, -0.2) is 5.78 Å². The molecule has 2 heteroatoms. The number of hydrogen-bond acceptors (Lipinski definition) is 1. The Kier molecular flexibility index (Phi) is 2.74. The van der Waals surface area contributed by atoms with E-state index in [2.05, 4.69) is 6.07 Å². The van der Waals surface area contributed by atoms with Crippen LogP contribution in [0, 0.1) is 0 Å². The molecule has 0 unspecified atom stereocenters. The first-order chi connectivity index (χ1) is 8.24. The molecule has 0 radical (unpaired) electrons. The Labute approximate surface area is 107 Å². The average Bonchev–Trinajstić information content (AvgIpc) is 2.35. The summed E-state index contributed by atoms with van der Waals surface area (Å²) in [5.74, 6) is 0.429. The van der Waals surface area contributed by atoms with Crippen molar-refractivity contribution in [3.8, 4) is 0 Å². The highest BCUT2D eigenvalue weighted by molar-refractivity contribution is 6.32. The molecule has 0 aliphatic heterocycles. The van der Waals surface area contributed by atoms with Gasteiger partial charge in [0.25, 0.3) is 0 Å². The molecule has 0 saturated heterocycles. The standard InChI is InChI=1S/C15H17ClO/c16-12-6-4-5-11-7-8-13(17)15(14(11)12)9-2-1-3-10-15/h4-6H,1-3,7-10H2. The second-order valence-corrected chi connectivity index (χ2v) is 5.75. The molecule has 2 aliphatic rings. The predicted molar refractivity (Wildman–Crippen MR) is 69.5 cm³/mol. The lowest BCUT2D eigenvalue weighted by molar-refractivity contribution is -0.126. The van der Waals surface area contributed by atoms with E-state index in [4.69, 9.17) is 11.6 Å². The van der Waals surface area contributed by atoms with Crippen LogP contribution in [0.4, 0.5) is 0 Å². The Hall–Kier alpha value is -0.820. The van der Waals surface area contributed by atoms with Crippen LogP contribution in [0.25, 0.3) is 0 Å². The largest absolute Gasteiger partial charge is 0.299 e. The summed E-state index contributed by atoms with van der Waals surface area (Å²) in [6, 6.07) is 6.09. The van der Waals surface area contributed by atoms with Gasteiger partial charge in [-0.2, -0.15) is 0 Å². The highest BCUT2D eigenvalue weighted by Gasteiger charge is 2.45. The predicted octanol–water partition coefficient (Wildman–Crippen LogP) is 4.06. The van der Waals surface area contributed by atoms with Crippen LogP contribution in [0.3, 0.4) is 0 Å². The first-order valence-electron chi connectivity index (χ1n) is 6.55. The van der Waals surface area contributed by atoms with Gasteiger partial charge in [0.15, 0.2) is 0 Å². The van der Waals surface area contributed by atoms with Crippen LogP contribution < -0.4 is 0 Å². The maximum atomic E-state index is 12.4. The number of aryl methyl sites for hydroxylation is 1. The van der Waals surface area contributed by atoms with Crippen LogP contribution in [0.15, 0.2) is 18.2 Å². The molecule has 2 aliphatic carbocycles. The number of fused-ring (bicyclic) bond motifs is 2. The number of rotatable bonds is 0. The van der Waals surface area contributed by atoms with E-state index in [1.807, 2.05) is 12.1 Å². The number of hydrogen-bond donors (Lipinski definition) is 0. The van der Waals surface area contributed by atoms with Crippen molar-refractivity contribution in [2.24, 2.45) is 0 Å². The fourth-order valence-electron chi connectivity index (χ4n) is 3.62. The third kappa shape index (κ3) is 1.63. The normalized spacial score (nSPS) is 22.5. The third-order valence-corrected chi connectivity index (χ3v) is 4.76. The lowest BCUT2D eigenvalue weighted by Crippen LogP contribution is -2.42. The van der Waals surface area contributed by atoms with Gasteiger partial charge in [-0.3, -0.25) is 4.79 Å². The molecule has 3 rings (SSSR count). The minimum absolute atomic E-state index is 0.232. The first-order valence-corrected chi connectivity index (χ1v) is 6.93. The zero-order valence-electron chi connectivity index (χ0n) is 9.97. The molecule has 1 aromatic carbocycles. The SMILES string of the molecule is O=C1CCc2cccc(Cl)c2C12CCCCC2. The summed E-state index contributed by atoms with van der Waals surface area (Å²) in [6.07, 6.45) is 7.16. The number of Topliss-reactive ketones (excluding diaryl/α,β-unsaturated/α-hetero) is 1. The summed E-state index contributed by atoms with van der Waals surface area (Å²) >= 11 is 6.38. The fraction of sp³-hybridized carbons (Fsp3) is 0.533. The van der Waals surface area contributed by atoms with Crippen molar-refractivity contribution < 1.29 is 4.79 Å². The van der Waals surface area contributed by atoms with Crippen molar-refractivity contribution in [2.75, 3.05) is 0 Å². The Morgan fingerprint density at radius 2 is 1.82 bits per heavy atom. The van der Waals surface area contributed by atoms with Gasteiger partial charge in [0.1, 0.15) is 5.78 Å². The molecular formula is C15H17ClO. The topological polar surface area (TPSA) is 17.1 Å². The highest BCUT2D eigenvalue weighted by atomic mass is 35.5. The number of carbonyl (C=O) groups is 1. The van der Waals surface area contributed by atoms with E-state index in [9.17, 15) is 4.79 Å². The molecule has 0 atom stereocenters. The molecule has 1 saturated carbocycles. The molecule has 0 bridgehead atoms. The van der Waals surface area contributed by atoms with Gasteiger partial charge in [0, 0.05) is 11.4 Å². The summed E-state index contributed by atoms with van der Waals surface area (Å²) in [5.41, 5.74) is 2.24. The minimum Gasteiger partial charge on any atom is -0.299 e. The second-order valence-electron chi connectivity index (χ2n) is 5.34. The van der Waals surface area contributed by atoms with Gasteiger partial charge in [-0.15, -0.1) is 0 Å². The molecule has 1 fully saturated rings. The number of ketones is 1. The summed E-state index contributed by atoms with van der Waals surface area (Å²) in [7, 11) is 0. The van der Waals surface area contributed by atoms with Gasteiger partial charge < -0.3 is 0 Å². The lowest BCUT2D eigenvalue weighted by atomic mass is 9.62. The van der Waals surface area contributed by atoms with E-state index < -0.39 is 0 Å². The van der Waals surface area contributed by atoms with Crippen molar-refractivity contribution in [3.05, 3.63) is 34.3 Å². The molecule has 17 heavy (non-hydrogen) atoms. The number of halogens is 1. The summed E-state index contributed by atoms with van der Waals surface area (Å²) in [5, 5.41) is 0.803. The smallest absolute Gasteiger partial charge is 0.143 e. The van der Waals surface area contributed by atoms with Crippen molar-refractivity contribution in [1.82, 2.24) is 0 Å². The Morgan fingerprint density at radius 1 is 1.06 bits per heavy atom. The third-order valence-electron chi connectivity index (χ3n) is 4.44. The Bertz CT molecular complexity index is 458. The van der Waals surface area contributed by atoms with E-state index in [0.29, 0.717) is 12.2 Å². The number of benzene rings is 1. The molecule has 0 aromatic heterocycles. The van der Waals surface area contributed by atoms with Gasteiger partial charge in [0.05, 0.1) is 5.41 Å². The zero-order chi connectivity index (χ0) is 11.9. The summed E-state index contributed by atoms with van der Waals surface area (Å²) < 4.78 is 0. The molecule has 1 nitrogen and oxygen atoms in total. The van der Waals surface area contributed by atoms with E-state index >= 15 is 0 Å². The van der Waals surface area contributed by atoms with Gasteiger partial charge in [-0.25, -0.2) is 0 Å². The van der Waals surface area contributed by atoms with Crippen molar-refractivity contribution in [1.29, 1.82) is 0 Å². The maximum Gasteiger partial charge on any atom is 0.143 e. The number of carbonyl (C=O) groups excluding carboxylic acids is 1. The summed E-state index contributed by atoms with van der Waals surface area (Å²) in [6.45, 7) is 0. The first kappa shape index (κ1) is 11.3. The molecule has 0 heterocycles. The molecule has 1 aromatic rings. The monoisotopic (exact) mass is 248 g/mol. The fourth-order valence-corrected chi connectivity index (χ4v) is 4.00. The van der Waals surface area contributed by atoms with Gasteiger partial charge in [-0.05, 0) is 36.5 Å². The Balaban J connectivity index is 2.18. The molecule has 0 amide bonds. The van der Waals surface area contributed by atoms with E-state index in [1.54, 1.807) is 0 Å². The van der Waals surface area contributed by atoms with Gasteiger partial charge in [0.2, 0.25) is 0 Å². The van der Waals surface area contributed by atoms with Crippen LogP contribution in [-0.2, 0) is 16.6 Å². The summed E-state index contributed by atoms with van der Waals surface area (Å²) in [4.78, 5) is 12.4. The minimum atomic E-state index is -0.232.